The predicted molar refractivity (Wildman–Crippen MR) is 64.0 cm³/mol. The molecule has 6 heteroatoms. The second-order valence-corrected chi connectivity index (χ2v) is 4.60. The van der Waals surface area contributed by atoms with E-state index in [9.17, 15) is 9.18 Å². The lowest BCUT2D eigenvalue weighted by atomic mass is 10.2. The van der Waals surface area contributed by atoms with Crippen LogP contribution in [0.4, 0.5) is 10.1 Å². The van der Waals surface area contributed by atoms with Crippen LogP contribution in [0.3, 0.4) is 0 Å². The first-order valence-corrected chi connectivity index (χ1v) is 6.18. The van der Waals surface area contributed by atoms with Gasteiger partial charge < -0.3 is 5.32 Å². The fourth-order valence-electron chi connectivity index (χ4n) is 1.47. The lowest BCUT2D eigenvalue weighted by Gasteiger charge is -2.11. The number of amides is 1. The Balaban J connectivity index is 2.08. The molecule has 2 rings (SSSR count). The van der Waals surface area contributed by atoms with Crippen LogP contribution in [0.2, 0.25) is 0 Å². The monoisotopic (exact) mass is 251 g/mol. The predicted octanol–water partition coefficient (Wildman–Crippen LogP) is 1.30. The number of carbonyl (C=O) groups is 1. The molecule has 88 valence electrons. The number of benzene rings is 1. The van der Waals surface area contributed by atoms with Crippen molar-refractivity contribution in [2.45, 2.75) is 6.04 Å². The lowest BCUT2D eigenvalue weighted by Crippen LogP contribution is -2.37. The van der Waals surface area contributed by atoms with Gasteiger partial charge in [0.05, 0.1) is 23.4 Å². The van der Waals surface area contributed by atoms with Crippen LogP contribution in [-0.2, 0) is 4.79 Å². The van der Waals surface area contributed by atoms with Crippen LogP contribution in [0.1, 0.15) is 5.56 Å². The first kappa shape index (κ1) is 11.9. The Morgan fingerprint density at radius 2 is 2.47 bits per heavy atom. The maximum Gasteiger partial charge on any atom is 0.242 e. The second kappa shape index (κ2) is 5.17. The molecular formula is C11H10FN3OS. The van der Waals surface area contributed by atoms with Gasteiger partial charge in [0.1, 0.15) is 5.82 Å². The molecule has 1 aliphatic heterocycles. The first-order chi connectivity index (χ1) is 8.20. The van der Waals surface area contributed by atoms with Gasteiger partial charge in [-0.25, -0.2) is 4.39 Å². The van der Waals surface area contributed by atoms with Gasteiger partial charge in [0.25, 0.3) is 0 Å². The minimum atomic E-state index is -0.594. The van der Waals surface area contributed by atoms with E-state index in [1.165, 1.54) is 12.1 Å². The summed E-state index contributed by atoms with van der Waals surface area (Å²) in [7, 11) is 0. The van der Waals surface area contributed by atoms with Crippen molar-refractivity contribution < 1.29 is 9.18 Å². The van der Waals surface area contributed by atoms with E-state index in [1.807, 2.05) is 6.07 Å². The first-order valence-electron chi connectivity index (χ1n) is 5.02. The van der Waals surface area contributed by atoms with Gasteiger partial charge in [-0.1, -0.05) is 0 Å². The molecule has 1 amide bonds. The van der Waals surface area contributed by atoms with Gasteiger partial charge >= 0.3 is 0 Å². The fourth-order valence-corrected chi connectivity index (χ4v) is 2.41. The molecule has 0 saturated carbocycles. The molecule has 2 N–H and O–H groups in total. The number of nitrogens with one attached hydrogen (secondary N) is 2. The molecule has 17 heavy (non-hydrogen) atoms. The van der Waals surface area contributed by atoms with E-state index in [2.05, 4.69) is 10.6 Å². The summed E-state index contributed by atoms with van der Waals surface area (Å²) in [5.74, 6) is 0.569. The minimum absolute atomic E-state index is 0.104. The molecular weight excluding hydrogens is 241 g/mol. The van der Waals surface area contributed by atoms with E-state index in [1.54, 1.807) is 11.8 Å². The van der Waals surface area contributed by atoms with Crippen molar-refractivity contribution in [1.29, 1.82) is 5.26 Å². The molecule has 1 atom stereocenters. The van der Waals surface area contributed by atoms with Crippen molar-refractivity contribution >= 4 is 23.4 Å². The SMILES string of the molecule is N#Cc1ccc(NC(=O)C2CSCN2)c(F)c1. The average molecular weight is 251 g/mol. The zero-order valence-corrected chi connectivity index (χ0v) is 9.68. The minimum Gasteiger partial charge on any atom is -0.322 e. The molecule has 1 saturated heterocycles. The zero-order valence-electron chi connectivity index (χ0n) is 8.87. The summed E-state index contributed by atoms with van der Waals surface area (Å²) in [5.41, 5.74) is 0.336. The largest absolute Gasteiger partial charge is 0.322 e. The van der Waals surface area contributed by atoms with E-state index >= 15 is 0 Å². The van der Waals surface area contributed by atoms with Crippen LogP contribution in [0.25, 0.3) is 0 Å². The summed E-state index contributed by atoms with van der Waals surface area (Å²) in [5, 5.41) is 14.1. The van der Waals surface area contributed by atoms with Crippen molar-refractivity contribution in [3.8, 4) is 6.07 Å². The van der Waals surface area contributed by atoms with Crippen molar-refractivity contribution in [3.63, 3.8) is 0 Å². The zero-order chi connectivity index (χ0) is 12.3. The fraction of sp³-hybridized carbons (Fsp3) is 0.273. The highest BCUT2D eigenvalue weighted by Gasteiger charge is 2.23. The van der Waals surface area contributed by atoms with Gasteiger partial charge in [-0.15, -0.1) is 11.8 Å². The third-order valence-electron chi connectivity index (χ3n) is 2.39. The van der Waals surface area contributed by atoms with Crippen molar-refractivity contribution in [3.05, 3.63) is 29.6 Å². The molecule has 1 aromatic carbocycles. The van der Waals surface area contributed by atoms with E-state index in [0.29, 0.717) is 5.75 Å². The smallest absolute Gasteiger partial charge is 0.242 e. The maximum absolute atomic E-state index is 13.5. The normalized spacial score (nSPS) is 18.7. The number of carbonyl (C=O) groups excluding carboxylic acids is 1. The van der Waals surface area contributed by atoms with Gasteiger partial charge in [0, 0.05) is 11.6 Å². The van der Waals surface area contributed by atoms with Crippen LogP contribution in [-0.4, -0.2) is 23.6 Å². The molecule has 4 nitrogen and oxygen atoms in total. The summed E-state index contributed by atoms with van der Waals surface area (Å²) < 4.78 is 13.5. The van der Waals surface area contributed by atoms with E-state index < -0.39 is 5.82 Å². The Bertz CT molecular complexity index is 480. The Hall–Kier alpha value is -1.58. The highest BCUT2D eigenvalue weighted by molar-refractivity contribution is 7.99. The number of hydrogen-bond donors (Lipinski definition) is 2. The number of hydrogen-bond acceptors (Lipinski definition) is 4. The molecule has 1 aliphatic rings. The maximum atomic E-state index is 13.5. The second-order valence-electron chi connectivity index (χ2n) is 3.57. The number of thioether (sulfide) groups is 1. The molecule has 0 radical (unpaired) electrons. The topological polar surface area (TPSA) is 64.9 Å². The third-order valence-corrected chi connectivity index (χ3v) is 3.33. The molecule has 1 fully saturated rings. The molecule has 0 spiro atoms. The molecule has 0 aromatic heterocycles. The van der Waals surface area contributed by atoms with Crippen LogP contribution >= 0.6 is 11.8 Å². The highest BCUT2D eigenvalue weighted by atomic mass is 32.2. The Labute approximate surface area is 102 Å². The summed E-state index contributed by atoms with van der Waals surface area (Å²) in [4.78, 5) is 11.7. The number of nitriles is 1. The van der Waals surface area contributed by atoms with Gasteiger partial charge in [-0.3, -0.25) is 10.1 Å². The number of halogens is 1. The third kappa shape index (κ3) is 2.75. The van der Waals surface area contributed by atoms with E-state index in [4.69, 9.17) is 5.26 Å². The molecule has 1 heterocycles. The van der Waals surface area contributed by atoms with Gasteiger partial charge in [-0.2, -0.15) is 5.26 Å². The standard InChI is InChI=1S/C11H10FN3OS/c12-8-3-7(4-13)1-2-9(8)15-11(16)10-5-17-6-14-10/h1-3,10,14H,5-6H2,(H,15,16). The highest BCUT2D eigenvalue weighted by Crippen LogP contribution is 2.17. The Morgan fingerprint density at radius 3 is 3.06 bits per heavy atom. The number of nitrogens with zero attached hydrogens (tertiary/aromatic N) is 1. The van der Waals surface area contributed by atoms with Crippen LogP contribution in [0, 0.1) is 17.1 Å². The molecule has 0 bridgehead atoms. The Kier molecular flexibility index (Phi) is 3.61. The number of anilines is 1. The van der Waals surface area contributed by atoms with E-state index in [0.717, 1.165) is 11.9 Å². The molecule has 0 aliphatic carbocycles. The average Bonchev–Trinajstić information content (AvgIpc) is 2.85. The van der Waals surface area contributed by atoms with Crippen molar-refractivity contribution in [2.24, 2.45) is 0 Å². The van der Waals surface area contributed by atoms with Crippen molar-refractivity contribution in [1.82, 2.24) is 5.32 Å². The quantitative estimate of drug-likeness (QED) is 0.831. The van der Waals surface area contributed by atoms with Crippen LogP contribution in [0.5, 0.6) is 0 Å². The van der Waals surface area contributed by atoms with Crippen LogP contribution < -0.4 is 10.6 Å². The van der Waals surface area contributed by atoms with Gasteiger partial charge in [0.15, 0.2) is 0 Å². The summed E-state index contributed by atoms with van der Waals surface area (Å²) >= 11 is 1.62. The van der Waals surface area contributed by atoms with Gasteiger partial charge in [-0.05, 0) is 18.2 Å². The van der Waals surface area contributed by atoms with Crippen molar-refractivity contribution in [2.75, 3.05) is 16.9 Å². The summed E-state index contributed by atoms with van der Waals surface area (Å²) in [6, 6.07) is 5.52. The molecule has 1 unspecified atom stereocenters. The summed E-state index contributed by atoms with van der Waals surface area (Å²) in [6.45, 7) is 0. The van der Waals surface area contributed by atoms with Gasteiger partial charge in [0.2, 0.25) is 5.91 Å². The van der Waals surface area contributed by atoms with E-state index in [-0.39, 0.29) is 23.2 Å². The van der Waals surface area contributed by atoms with Crippen LogP contribution in [0.15, 0.2) is 18.2 Å². The molecule has 1 aromatic rings. The summed E-state index contributed by atoms with van der Waals surface area (Å²) in [6.07, 6.45) is 0. The number of rotatable bonds is 2. The lowest BCUT2D eigenvalue weighted by molar-refractivity contribution is -0.117. The Morgan fingerprint density at radius 1 is 1.65 bits per heavy atom.